The van der Waals surface area contributed by atoms with Gasteiger partial charge in [0.2, 0.25) is 0 Å². The number of halogens is 1. The third-order valence-corrected chi connectivity index (χ3v) is 8.36. The van der Waals surface area contributed by atoms with E-state index in [-0.39, 0.29) is 11.8 Å². The summed E-state index contributed by atoms with van der Waals surface area (Å²) < 4.78 is 0. The number of piperidine rings is 2. The number of amides is 1. The zero-order chi connectivity index (χ0) is 25.0. The number of aldehydes is 1. The molecule has 188 valence electrons. The average molecular weight is 497 g/mol. The van der Waals surface area contributed by atoms with Crippen LogP contribution in [0, 0.1) is 17.8 Å². The van der Waals surface area contributed by atoms with Crippen molar-refractivity contribution in [2.24, 2.45) is 17.8 Å². The average Bonchev–Trinajstić information content (AvgIpc) is 2.89. The molecule has 0 saturated carbocycles. The SMILES string of the molecule is CC(C)C(O)(C(=O)N1CCC(CC2CCN(c3ccc(C=O)c(Cl)c3)CC2)CC1)c1ccccc1. The smallest absolute Gasteiger partial charge is 0.259 e. The van der Waals surface area contributed by atoms with Crippen molar-refractivity contribution in [1.29, 1.82) is 0 Å². The number of likely N-dealkylation sites (tertiary alicyclic amines) is 1. The quantitative estimate of drug-likeness (QED) is 0.511. The van der Waals surface area contributed by atoms with Crippen LogP contribution in [0.3, 0.4) is 0 Å². The van der Waals surface area contributed by atoms with Gasteiger partial charge in [0.1, 0.15) is 0 Å². The van der Waals surface area contributed by atoms with Gasteiger partial charge in [-0.15, -0.1) is 0 Å². The number of carbonyl (C=O) groups is 2. The van der Waals surface area contributed by atoms with E-state index in [0.29, 0.717) is 41.1 Å². The molecule has 2 saturated heterocycles. The van der Waals surface area contributed by atoms with E-state index in [2.05, 4.69) is 4.90 Å². The summed E-state index contributed by atoms with van der Waals surface area (Å²) in [7, 11) is 0. The van der Waals surface area contributed by atoms with Crippen LogP contribution >= 0.6 is 11.6 Å². The topological polar surface area (TPSA) is 60.9 Å². The number of rotatable bonds is 7. The minimum atomic E-state index is -1.48. The van der Waals surface area contributed by atoms with Crippen LogP contribution in [-0.2, 0) is 10.4 Å². The third kappa shape index (κ3) is 5.57. The maximum atomic E-state index is 13.4. The lowest BCUT2D eigenvalue weighted by molar-refractivity contribution is -0.159. The predicted molar refractivity (Wildman–Crippen MR) is 141 cm³/mol. The van der Waals surface area contributed by atoms with Gasteiger partial charge in [-0.3, -0.25) is 9.59 Å². The number of carbonyl (C=O) groups excluding carboxylic acids is 2. The van der Waals surface area contributed by atoms with Crippen LogP contribution in [0.1, 0.15) is 61.9 Å². The van der Waals surface area contributed by atoms with Crippen molar-refractivity contribution in [3.8, 4) is 0 Å². The van der Waals surface area contributed by atoms with E-state index in [1.165, 1.54) is 6.42 Å². The number of anilines is 1. The van der Waals surface area contributed by atoms with Crippen molar-refractivity contribution in [2.45, 2.75) is 51.6 Å². The Bertz CT molecular complexity index is 1010. The van der Waals surface area contributed by atoms with Crippen LogP contribution in [0.2, 0.25) is 5.02 Å². The molecule has 5 nitrogen and oxygen atoms in total. The van der Waals surface area contributed by atoms with E-state index in [1.54, 1.807) is 6.07 Å². The first-order chi connectivity index (χ1) is 16.8. The van der Waals surface area contributed by atoms with Crippen molar-refractivity contribution in [3.05, 3.63) is 64.7 Å². The van der Waals surface area contributed by atoms with Gasteiger partial charge in [0, 0.05) is 37.4 Å². The van der Waals surface area contributed by atoms with Gasteiger partial charge in [0.05, 0.1) is 5.02 Å². The van der Waals surface area contributed by atoms with Crippen LogP contribution in [0.5, 0.6) is 0 Å². The second kappa shape index (κ2) is 11.1. The second-order valence-corrected chi connectivity index (χ2v) is 10.9. The fourth-order valence-corrected chi connectivity index (χ4v) is 5.93. The fourth-order valence-electron chi connectivity index (χ4n) is 5.72. The highest BCUT2D eigenvalue weighted by molar-refractivity contribution is 6.33. The molecule has 0 aliphatic carbocycles. The largest absolute Gasteiger partial charge is 0.375 e. The molecular formula is C29H37ClN2O3. The van der Waals surface area contributed by atoms with Crippen LogP contribution in [-0.4, -0.2) is 48.4 Å². The molecule has 2 aromatic rings. The fraction of sp³-hybridized carbons (Fsp3) is 0.517. The first-order valence-corrected chi connectivity index (χ1v) is 13.3. The van der Waals surface area contributed by atoms with E-state index in [4.69, 9.17) is 11.6 Å². The van der Waals surface area contributed by atoms with Crippen LogP contribution in [0.15, 0.2) is 48.5 Å². The second-order valence-electron chi connectivity index (χ2n) is 10.5. The Kier molecular flexibility index (Phi) is 8.18. The van der Waals surface area contributed by atoms with Gasteiger partial charge in [-0.2, -0.15) is 0 Å². The molecule has 0 radical (unpaired) electrons. The monoisotopic (exact) mass is 496 g/mol. The lowest BCUT2D eigenvalue weighted by Crippen LogP contribution is -2.52. The Morgan fingerprint density at radius 2 is 1.63 bits per heavy atom. The first-order valence-electron chi connectivity index (χ1n) is 12.9. The van der Waals surface area contributed by atoms with Gasteiger partial charge in [-0.1, -0.05) is 55.8 Å². The molecule has 2 aromatic carbocycles. The van der Waals surface area contributed by atoms with Crippen molar-refractivity contribution in [1.82, 2.24) is 4.90 Å². The number of hydrogen-bond acceptors (Lipinski definition) is 4. The molecule has 4 rings (SSSR count). The zero-order valence-corrected chi connectivity index (χ0v) is 21.6. The Morgan fingerprint density at radius 3 is 2.17 bits per heavy atom. The Morgan fingerprint density at radius 1 is 1.03 bits per heavy atom. The summed E-state index contributed by atoms with van der Waals surface area (Å²) in [5.74, 6) is 0.954. The molecule has 0 bridgehead atoms. The molecule has 1 atom stereocenters. The highest BCUT2D eigenvalue weighted by atomic mass is 35.5. The first kappa shape index (κ1) is 25.7. The molecule has 1 amide bonds. The van der Waals surface area contributed by atoms with Gasteiger partial charge in [-0.05, 0) is 73.6 Å². The lowest BCUT2D eigenvalue weighted by Gasteiger charge is -2.41. The molecule has 35 heavy (non-hydrogen) atoms. The summed E-state index contributed by atoms with van der Waals surface area (Å²) in [4.78, 5) is 28.7. The minimum absolute atomic E-state index is 0.162. The maximum absolute atomic E-state index is 13.4. The van der Waals surface area contributed by atoms with Crippen LogP contribution in [0.4, 0.5) is 5.69 Å². The highest BCUT2D eigenvalue weighted by Crippen LogP contribution is 2.36. The van der Waals surface area contributed by atoms with E-state index < -0.39 is 5.60 Å². The number of aliphatic hydroxyl groups is 1. The Hall–Kier alpha value is -2.37. The van der Waals surface area contributed by atoms with Gasteiger partial charge < -0.3 is 14.9 Å². The molecule has 6 heteroatoms. The predicted octanol–water partition coefficient (Wildman–Crippen LogP) is 5.54. The summed E-state index contributed by atoms with van der Waals surface area (Å²) in [6.07, 6.45) is 6.28. The Balaban J connectivity index is 1.28. The molecule has 2 heterocycles. The van der Waals surface area contributed by atoms with E-state index in [9.17, 15) is 14.7 Å². The molecule has 2 aliphatic rings. The van der Waals surface area contributed by atoms with Crippen molar-refractivity contribution in [3.63, 3.8) is 0 Å². The maximum Gasteiger partial charge on any atom is 0.259 e. The van der Waals surface area contributed by atoms with Gasteiger partial charge in [0.15, 0.2) is 11.9 Å². The molecule has 1 unspecified atom stereocenters. The summed E-state index contributed by atoms with van der Waals surface area (Å²) in [5.41, 5.74) is 0.817. The molecule has 0 spiro atoms. The summed E-state index contributed by atoms with van der Waals surface area (Å²) in [6, 6.07) is 15.0. The van der Waals surface area contributed by atoms with Crippen molar-refractivity contribution in [2.75, 3.05) is 31.1 Å². The highest BCUT2D eigenvalue weighted by Gasteiger charge is 2.44. The van der Waals surface area contributed by atoms with E-state index >= 15 is 0 Å². The number of nitrogens with zero attached hydrogens (tertiary/aromatic N) is 2. The van der Waals surface area contributed by atoms with Gasteiger partial charge in [0.25, 0.3) is 5.91 Å². The summed E-state index contributed by atoms with van der Waals surface area (Å²) in [5, 5.41) is 12.0. The van der Waals surface area contributed by atoms with Gasteiger partial charge in [-0.25, -0.2) is 0 Å². The van der Waals surface area contributed by atoms with Crippen molar-refractivity contribution >= 4 is 29.5 Å². The Labute approximate surface area is 214 Å². The third-order valence-electron chi connectivity index (χ3n) is 8.03. The lowest BCUT2D eigenvalue weighted by atomic mass is 9.80. The van der Waals surface area contributed by atoms with Crippen LogP contribution in [0.25, 0.3) is 0 Å². The van der Waals surface area contributed by atoms with E-state index in [1.807, 2.05) is 61.2 Å². The molecule has 2 aliphatic heterocycles. The van der Waals surface area contributed by atoms with Crippen LogP contribution < -0.4 is 4.90 Å². The van der Waals surface area contributed by atoms with E-state index in [0.717, 1.165) is 50.7 Å². The zero-order valence-electron chi connectivity index (χ0n) is 20.8. The van der Waals surface area contributed by atoms with Gasteiger partial charge >= 0.3 is 0 Å². The number of hydrogen-bond donors (Lipinski definition) is 1. The normalized spacial score (nSPS) is 19.6. The summed E-state index contributed by atoms with van der Waals surface area (Å²) in [6.45, 7) is 7.25. The standard InChI is InChI=1S/C29H37ClN2O3/c1-21(2)29(35,25-6-4-3-5-7-25)28(34)32-16-12-23(13-17-32)18-22-10-14-31(15-11-22)26-9-8-24(20-33)27(30)19-26/h3-9,19-23,35H,10-18H2,1-2H3. The molecular weight excluding hydrogens is 460 g/mol. The molecule has 2 fully saturated rings. The molecule has 0 aromatic heterocycles. The summed E-state index contributed by atoms with van der Waals surface area (Å²) >= 11 is 6.22. The number of benzene rings is 2. The minimum Gasteiger partial charge on any atom is -0.375 e. The molecule has 1 N–H and O–H groups in total. The van der Waals surface area contributed by atoms with Crippen molar-refractivity contribution < 1.29 is 14.7 Å².